The van der Waals surface area contributed by atoms with Gasteiger partial charge in [-0.15, -0.1) is 0 Å². The molecule has 3 N–H and O–H groups in total. The lowest BCUT2D eigenvalue weighted by Gasteiger charge is -2.29. The number of amides is 1. The molecule has 1 amide bonds. The van der Waals surface area contributed by atoms with Gasteiger partial charge in [0.2, 0.25) is 11.9 Å². The topological polar surface area (TPSA) is 111 Å². The fourth-order valence-electron chi connectivity index (χ4n) is 4.09. The molecule has 0 saturated heterocycles. The number of hydrogen-bond donors (Lipinski definition) is 3. The standard InChI is InChI=1S/C24H17N5O2/c25-13-18-19(17-12-6-8-14-7-4-5-11-16(14)17)20-21(27-22(18)30)28-24(29-23(20)31)26-15-9-2-1-3-10-15/h1-12,18-19H,(H3,26,27,28,29,30,31)/t18-,19-/m1/s1. The second-order valence-corrected chi connectivity index (χ2v) is 7.31. The molecule has 3 aromatic carbocycles. The van der Waals surface area contributed by atoms with Crippen molar-refractivity contribution in [1.82, 2.24) is 9.97 Å². The molecule has 0 saturated carbocycles. The summed E-state index contributed by atoms with van der Waals surface area (Å²) in [6.45, 7) is 0. The van der Waals surface area contributed by atoms with Crippen LogP contribution in [0.2, 0.25) is 0 Å². The van der Waals surface area contributed by atoms with Crippen LogP contribution in [0.25, 0.3) is 10.8 Å². The van der Waals surface area contributed by atoms with Crippen molar-refractivity contribution in [3.05, 3.63) is 94.3 Å². The van der Waals surface area contributed by atoms with Gasteiger partial charge in [-0.1, -0.05) is 60.7 Å². The van der Waals surface area contributed by atoms with E-state index < -0.39 is 23.3 Å². The first-order valence-electron chi connectivity index (χ1n) is 9.80. The van der Waals surface area contributed by atoms with E-state index in [4.69, 9.17) is 0 Å². The van der Waals surface area contributed by atoms with Gasteiger partial charge in [0, 0.05) is 11.6 Å². The van der Waals surface area contributed by atoms with Crippen LogP contribution in [0.5, 0.6) is 0 Å². The average molecular weight is 407 g/mol. The summed E-state index contributed by atoms with van der Waals surface area (Å²) in [6.07, 6.45) is 0. The average Bonchev–Trinajstić information content (AvgIpc) is 2.78. The Kier molecular flexibility index (Phi) is 4.45. The molecule has 0 radical (unpaired) electrons. The minimum Gasteiger partial charge on any atom is -0.326 e. The Balaban J connectivity index is 1.69. The van der Waals surface area contributed by atoms with E-state index in [9.17, 15) is 14.9 Å². The first kappa shape index (κ1) is 18.6. The van der Waals surface area contributed by atoms with Gasteiger partial charge in [0.05, 0.1) is 11.6 Å². The van der Waals surface area contributed by atoms with Gasteiger partial charge in [-0.25, -0.2) is 0 Å². The maximum atomic E-state index is 13.2. The zero-order chi connectivity index (χ0) is 21.4. The van der Waals surface area contributed by atoms with Crippen molar-refractivity contribution in [3.8, 4) is 6.07 Å². The fraction of sp³-hybridized carbons (Fsp3) is 0.0833. The predicted octanol–water partition coefficient (Wildman–Crippen LogP) is 3.89. The molecule has 7 heteroatoms. The van der Waals surface area contributed by atoms with E-state index in [1.54, 1.807) is 0 Å². The maximum absolute atomic E-state index is 13.2. The number of carbonyl (C=O) groups is 1. The van der Waals surface area contributed by atoms with Crippen LogP contribution in [-0.4, -0.2) is 15.9 Å². The molecule has 0 aliphatic carbocycles. The van der Waals surface area contributed by atoms with Crippen LogP contribution in [0, 0.1) is 17.2 Å². The lowest BCUT2D eigenvalue weighted by molar-refractivity contribution is -0.119. The molecule has 2 atom stereocenters. The monoisotopic (exact) mass is 407 g/mol. The van der Waals surface area contributed by atoms with Crippen molar-refractivity contribution in [3.63, 3.8) is 0 Å². The van der Waals surface area contributed by atoms with Crippen LogP contribution >= 0.6 is 0 Å². The number of nitrogens with zero attached hydrogens (tertiary/aromatic N) is 2. The summed E-state index contributed by atoms with van der Waals surface area (Å²) in [5.74, 6) is -1.88. The number of aromatic amines is 1. The van der Waals surface area contributed by atoms with E-state index in [0.717, 1.165) is 22.0 Å². The summed E-state index contributed by atoms with van der Waals surface area (Å²) in [4.78, 5) is 33.1. The van der Waals surface area contributed by atoms with Crippen molar-refractivity contribution < 1.29 is 4.79 Å². The number of nitrogens with one attached hydrogen (secondary N) is 3. The zero-order valence-electron chi connectivity index (χ0n) is 16.3. The SMILES string of the molecule is N#C[C@H]1C(=O)Nc2nc(Nc3ccccc3)[nH]c(=O)c2[C@@H]1c1cccc2ccccc12. The highest BCUT2D eigenvalue weighted by atomic mass is 16.2. The minimum atomic E-state index is -1.05. The number of benzene rings is 3. The number of H-pyrrole nitrogens is 1. The van der Waals surface area contributed by atoms with Gasteiger partial charge in [-0.3, -0.25) is 14.6 Å². The van der Waals surface area contributed by atoms with E-state index in [2.05, 4.69) is 26.7 Å². The van der Waals surface area contributed by atoms with Crippen LogP contribution in [-0.2, 0) is 4.79 Å². The van der Waals surface area contributed by atoms with Crippen molar-refractivity contribution in [2.75, 3.05) is 10.6 Å². The van der Waals surface area contributed by atoms with Gasteiger partial charge < -0.3 is 10.6 Å². The number of nitriles is 1. The number of para-hydroxylation sites is 1. The number of hydrogen-bond acceptors (Lipinski definition) is 5. The van der Waals surface area contributed by atoms with Crippen LogP contribution in [0.15, 0.2) is 77.6 Å². The molecule has 150 valence electrons. The molecule has 0 spiro atoms. The van der Waals surface area contributed by atoms with Gasteiger partial charge in [0.1, 0.15) is 11.7 Å². The van der Waals surface area contributed by atoms with E-state index >= 15 is 0 Å². The fourth-order valence-corrected chi connectivity index (χ4v) is 4.09. The summed E-state index contributed by atoms with van der Waals surface area (Å²) in [7, 11) is 0. The second-order valence-electron chi connectivity index (χ2n) is 7.31. The number of aromatic nitrogens is 2. The molecule has 0 fully saturated rings. The van der Waals surface area contributed by atoms with E-state index in [0.29, 0.717) is 0 Å². The highest BCUT2D eigenvalue weighted by molar-refractivity contribution is 5.99. The summed E-state index contributed by atoms with van der Waals surface area (Å²) < 4.78 is 0. The highest BCUT2D eigenvalue weighted by Gasteiger charge is 2.40. The van der Waals surface area contributed by atoms with E-state index in [1.165, 1.54) is 0 Å². The Morgan fingerprint density at radius 2 is 1.68 bits per heavy atom. The molecular formula is C24H17N5O2. The first-order valence-corrected chi connectivity index (χ1v) is 9.80. The predicted molar refractivity (Wildman–Crippen MR) is 118 cm³/mol. The second kappa shape index (κ2) is 7.43. The van der Waals surface area contributed by atoms with Crippen LogP contribution in [0.1, 0.15) is 17.0 Å². The molecular weight excluding hydrogens is 390 g/mol. The maximum Gasteiger partial charge on any atom is 0.258 e. The lowest BCUT2D eigenvalue weighted by Crippen LogP contribution is -2.38. The Morgan fingerprint density at radius 3 is 2.48 bits per heavy atom. The molecule has 1 aromatic heterocycles. The minimum absolute atomic E-state index is 0.164. The van der Waals surface area contributed by atoms with Crippen molar-refractivity contribution in [2.45, 2.75) is 5.92 Å². The summed E-state index contributed by atoms with van der Waals surface area (Å²) in [5.41, 5.74) is 1.37. The van der Waals surface area contributed by atoms with Crippen LogP contribution in [0.4, 0.5) is 17.5 Å². The van der Waals surface area contributed by atoms with Gasteiger partial charge in [0.15, 0.2) is 0 Å². The number of rotatable bonds is 3. The van der Waals surface area contributed by atoms with Gasteiger partial charge in [-0.2, -0.15) is 10.2 Å². The molecule has 0 unspecified atom stereocenters. The highest BCUT2D eigenvalue weighted by Crippen LogP contribution is 2.40. The van der Waals surface area contributed by atoms with Crippen molar-refractivity contribution in [1.29, 1.82) is 5.26 Å². The molecule has 2 heterocycles. The molecule has 1 aliphatic heterocycles. The van der Waals surface area contributed by atoms with Crippen LogP contribution < -0.4 is 16.2 Å². The molecule has 31 heavy (non-hydrogen) atoms. The van der Waals surface area contributed by atoms with E-state index in [1.807, 2.05) is 72.8 Å². The zero-order valence-corrected chi connectivity index (χ0v) is 16.3. The number of fused-ring (bicyclic) bond motifs is 2. The van der Waals surface area contributed by atoms with Crippen molar-refractivity contribution >= 4 is 34.1 Å². The first-order chi connectivity index (χ1) is 15.2. The van der Waals surface area contributed by atoms with Crippen molar-refractivity contribution in [2.24, 2.45) is 5.92 Å². The normalized spacial score (nSPS) is 17.5. The third-order valence-corrected chi connectivity index (χ3v) is 5.46. The molecule has 4 aromatic rings. The molecule has 5 rings (SSSR count). The molecule has 7 nitrogen and oxygen atoms in total. The van der Waals surface area contributed by atoms with Gasteiger partial charge >= 0.3 is 0 Å². The Bertz CT molecular complexity index is 1400. The summed E-state index contributed by atoms with van der Waals surface area (Å²) >= 11 is 0. The smallest absolute Gasteiger partial charge is 0.258 e. The van der Waals surface area contributed by atoms with Gasteiger partial charge in [-0.05, 0) is 28.5 Å². The third kappa shape index (κ3) is 3.20. The number of anilines is 3. The quantitative estimate of drug-likeness (QED) is 0.477. The lowest BCUT2D eigenvalue weighted by atomic mass is 9.77. The molecule has 1 aliphatic rings. The largest absolute Gasteiger partial charge is 0.326 e. The number of carbonyl (C=O) groups excluding carboxylic acids is 1. The van der Waals surface area contributed by atoms with E-state index in [-0.39, 0.29) is 17.3 Å². The van der Waals surface area contributed by atoms with Crippen LogP contribution in [0.3, 0.4) is 0 Å². The molecule has 0 bridgehead atoms. The Morgan fingerprint density at radius 1 is 0.935 bits per heavy atom. The Labute approximate surface area is 177 Å². The summed E-state index contributed by atoms with van der Waals surface area (Å²) in [5, 5.41) is 17.3. The Hall–Kier alpha value is -4.44. The third-order valence-electron chi connectivity index (χ3n) is 5.46. The van der Waals surface area contributed by atoms with Gasteiger partial charge in [0.25, 0.3) is 5.56 Å². The summed E-state index contributed by atoms with van der Waals surface area (Å²) in [6, 6.07) is 24.7.